The first-order chi connectivity index (χ1) is 15.0. The van der Waals surface area contributed by atoms with E-state index >= 15 is 0 Å². The first-order valence-corrected chi connectivity index (χ1v) is 13.3. The summed E-state index contributed by atoms with van der Waals surface area (Å²) in [5.41, 5.74) is 0.432. The molecule has 0 aromatic carbocycles. The number of nitrogens with one attached hydrogen (secondary N) is 1. The van der Waals surface area contributed by atoms with Crippen LogP contribution in [-0.2, 0) is 14.3 Å². The third kappa shape index (κ3) is 5.14. The first kappa shape index (κ1) is 23.5. The second-order valence-corrected chi connectivity index (χ2v) is 11.2. The predicted molar refractivity (Wildman–Crippen MR) is 124 cm³/mol. The van der Waals surface area contributed by atoms with Crippen LogP contribution in [-0.4, -0.2) is 61.9 Å². The molecule has 5 heteroatoms. The van der Waals surface area contributed by atoms with Gasteiger partial charge in [-0.2, -0.15) is 0 Å². The molecule has 1 spiro atoms. The third-order valence-electron chi connectivity index (χ3n) is 8.93. The van der Waals surface area contributed by atoms with Crippen LogP contribution in [0, 0.1) is 23.2 Å². The molecule has 4 rings (SSSR count). The van der Waals surface area contributed by atoms with E-state index in [-0.39, 0.29) is 23.6 Å². The third-order valence-corrected chi connectivity index (χ3v) is 8.93. The molecule has 6 atom stereocenters. The molecular weight excluding hydrogens is 388 g/mol. The van der Waals surface area contributed by atoms with Crippen LogP contribution in [0.1, 0.15) is 85.0 Å². The van der Waals surface area contributed by atoms with Crippen LogP contribution in [0.5, 0.6) is 0 Å². The normalized spacial score (nSPS) is 38.9. The van der Waals surface area contributed by atoms with Gasteiger partial charge >= 0.3 is 5.97 Å². The molecule has 31 heavy (non-hydrogen) atoms. The lowest BCUT2D eigenvalue weighted by molar-refractivity contribution is -0.147. The van der Waals surface area contributed by atoms with Crippen molar-refractivity contribution >= 4 is 5.97 Å². The molecule has 2 aliphatic heterocycles. The van der Waals surface area contributed by atoms with Crippen LogP contribution in [0.3, 0.4) is 0 Å². The Balaban J connectivity index is 1.24. The summed E-state index contributed by atoms with van der Waals surface area (Å²) in [5.74, 6) is 1.06. The van der Waals surface area contributed by atoms with Crippen molar-refractivity contribution in [1.82, 2.24) is 10.2 Å². The lowest BCUT2D eigenvalue weighted by Gasteiger charge is -2.51. The van der Waals surface area contributed by atoms with E-state index in [2.05, 4.69) is 31.0 Å². The summed E-state index contributed by atoms with van der Waals surface area (Å²) in [6.07, 6.45) is 12.3. The molecule has 5 nitrogen and oxygen atoms in total. The Labute approximate surface area is 190 Å². The average molecular weight is 435 g/mol. The molecule has 0 radical (unpaired) electrons. The molecular formula is C26H46N2O3. The Hall–Kier alpha value is -0.650. The molecule has 0 aromatic heterocycles. The van der Waals surface area contributed by atoms with Gasteiger partial charge in [0.2, 0.25) is 0 Å². The van der Waals surface area contributed by atoms with Crippen molar-refractivity contribution in [1.29, 1.82) is 0 Å². The number of rotatable bonds is 12. The van der Waals surface area contributed by atoms with Gasteiger partial charge in [0, 0.05) is 12.5 Å². The van der Waals surface area contributed by atoms with E-state index in [4.69, 9.17) is 9.47 Å². The van der Waals surface area contributed by atoms with Gasteiger partial charge in [-0.1, -0.05) is 33.6 Å². The number of hydrogen-bond acceptors (Lipinski definition) is 5. The van der Waals surface area contributed by atoms with Crippen molar-refractivity contribution in [2.75, 3.05) is 39.3 Å². The quantitative estimate of drug-likeness (QED) is 0.280. The van der Waals surface area contributed by atoms with Gasteiger partial charge in [0.1, 0.15) is 6.10 Å². The van der Waals surface area contributed by atoms with E-state index in [0.29, 0.717) is 17.3 Å². The Morgan fingerprint density at radius 3 is 2.48 bits per heavy atom. The van der Waals surface area contributed by atoms with Crippen LogP contribution in [0.15, 0.2) is 0 Å². The van der Waals surface area contributed by atoms with Crippen molar-refractivity contribution in [3.8, 4) is 0 Å². The number of ether oxygens (including phenoxy) is 2. The molecule has 178 valence electrons. The average Bonchev–Trinajstić information content (AvgIpc) is 3.45. The maximum atomic E-state index is 12.7. The molecule has 0 amide bonds. The summed E-state index contributed by atoms with van der Waals surface area (Å²) in [6, 6.07) is 0. The summed E-state index contributed by atoms with van der Waals surface area (Å²) in [6.45, 7) is 13.3. The van der Waals surface area contributed by atoms with Crippen LogP contribution in [0.25, 0.3) is 0 Å². The molecule has 2 heterocycles. The standard InChI is InChI=1S/C26H46N2O3/c1-4-6-13-28(14-7-5-2)15-9-12-27-18-21-20-16-23-25(3,17-22(20)31-24(21)29)10-8-11-26(23)19-30-26/h20-23,27H,4-19H2,1-3H3/t20-,21+,22-,23-,25-,26+/m1/s1. The Kier molecular flexibility index (Phi) is 7.65. The van der Waals surface area contributed by atoms with E-state index in [9.17, 15) is 4.79 Å². The highest BCUT2D eigenvalue weighted by molar-refractivity contribution is 5.75. The molecule has 0 unspecified atom stereocenters. The number of carbonyl (C=O) groups excluding carboxylic acids is 1. The van der Waals surface area contributed by atoms with Gasteiger partial charge in [-0.15, -0.1) is 0 Å². The minimum atomic E-state index is 0.0311. The van der Waals surface area contributed by atoms with E-state index in [1.54, 1.807) is 0 Å². The number of fused-ring (bicyclic) bond motifs is 3. The molecule has 4 fully saturated rings. The van der Waals surface area contributed by atoms with Crippen molar-refractivity contribution in [2.45, 2.75) is 96.7 Å². The minimum Gasteiger partial charge on any atom is -0.462 e. The molecule has 2 saturated carbocycles. The molecule has 0 aromatic rings. The molecule has 2 aliphatic carbocycles. The van der Waals surface area contributed by atoms with Gasteiger partial charge in [0.05, 0.1) is 18.1 Å². The smallest absolute Gasteiger partial charge is 0.310 e. The molecule has 1 N–H and O–H groups in total. The Morgan fingerprint density at radius 1 is 1.10 bits per heavy atom. The van der Waals surface area contributed by atoms with Crippen molar-refractivity contribution in [2.24, 2.45) is 23.2 Å². The SMILES string of the molecule is CCCCN(CCCC)CCCNC[C@@H]1C(=O)O[C@@H]2C[C@@]3(C)CCC[C@]4(CO4)[C@@H]3C[C@H]12. The van der Waals surface area contributed by atoms with Crippen LogP contribution >= 0.6 is 0 Å². The summed E-state index contributed by atoms with van der Waals surface area (Å²) in [5, 5.41) is 3.62. The monoisotopic (exact) mass is 434 g/mol. The zero-order valence-corrected chi connectivity index (χ0v) is 20.3. The highest BCUT2D eigenvalue weighted by Crippen LogP contribution is 2.62. The molecule has 2 saturated heterocycles. The van der Waals surface area contributed by atoms with Gasteiger partial charge in [0.15, 0.2) is 0 Å². The number of esters is 1. The largest absolute Gasteiger partial charge is 0.462 e. The fourth-order valence-corrected chi connectivity index (χ4v) is 6.97. The zero-order valence-electron chi connectivity index (χ0n) is 20.3. The minimum absolute atomic E-state index is 0.0311. The lowest BCUT2D eigenvalue weighted by atomic mass is 9.53. The van der Waals surface area contributed by atoms with Gasteiger partial charge in [-0.3, -0.25) is 4.79 Å². The molecule has 4 aliphatic rings. The topological polar surface area (TPSA) is 54.1 Å². The van der Waals surface area contributed by atoms with Crippen molar-refractivity contribution in [3.63, 3.8) is 0 Å². The number of epoxide rings is 1. The van der Waals surface area contributed by atoms with Crippen LogP contribution < -0.4 is 5.32 Å². The number of nitrogens with zero attached hydrogens (tertiary/aromatic N) is 1. The summed E-state index contributed by atoms with van der Waals surface area (Å²) in [4.78, 5) is 15.4. The summed E-state index contributed by atoms with van der Waals surface area (Å²) >= 11 is 0. The highest BCUT2D eigenvalue weighted by Gasteiger charge is 2.64. The van der Waals surface area contributed by atoms with E-state index < -0.39 is 0 Å². The number of carbonyl (C=O) groups is 1. The van der Waals surface area contributed by atoms with E-state index in [1.165, 1.54) is 58.0 Å². The zero-order chi connectivity index (χ0) is 21.9. The fourth-order valence-electron chi connectivity index (χ4n) is 6.97. The first-order valence-electron chi connectivity index (χ1n) is 13.3. The van der Waals surface area contributed by atoms with E-state index in [1.807, 2.05) is 0 Å². The van der Waals surface area contributed by atoms with Crippen LogP contribution in [0.4, 0.5) is 0 Å². The van der Waals surface area contributed by atoms with Gasteiger partial charge in [-0.25, -0.2) is 0 Å². The lowest BCUT2D eigenvalue weighted by Crippen LogP contribution is -2.51. The molecule has 0 bridgehead atoms. The fraction of sp³-hybridized carbons (Fsp3) is 0.962. The van der Waals surface area contributed by atoms with Gasteiger partial charge < -0.3 is 19.7 Å². The van der Waals surface area contributed by atoms with E-state index in [0.717, 1.165) is 45.5 Å². The maximum Gasteiger partial charge on any atom is 0.310 e. The second-order valence-electron chi connectivity index (χ2n) is 11.2. The predicted octanol–water partition coefficient (Wildman–Crippen LogP) is 4.40. The second kappa shape index (κ2) is 10.1. The van der Waals surface area contributed by atoms with Gasteiger partial charge in [0.25, 0.3) is 0 Å². The summed E-state index contributed by atoms with van der Waals surface area (Å²) < 4.78 is 12.0. The highest BCUT2D eigenvalue weighted by atomic mass is 16.6. The number of unbranched alkanes of at least 4 members (excludes halogenated alkanes) is 2. The summed E-state index contributed by atoms with van der Waals surface area (Å²) in [7, 11) is 0. The van der Waals surface area contributed by atoms with Crippen molar-refractivity contribution in [3.05, 3.63) is 0 Å². The van der Waals surface area contributed by atoms with Crippen LogP contribution in [0.2, 0.25) is 0 Å². The van der Waals surface area contributed by atoms with Gasteiger partial charge in [-0.05, 0) is 88.9 Å². The Morgan fingerprint density at radius 2 is 1.81 bits per heavy atom. The maximum absolute atomic E-state index is 12.7. The Bertz CT molecular complexity index is 599. The van der Waals surface area contributed by atoms with Crippen molar-refractivity contribution < 1.29 is 14.3 Å². The number of hydrogen-bond donors (Lipinski definition) is 1.